The van der Waals surface area contributed by atoms with E-state index in [1.807, 2.05) is 63.2 Å². The number of benzene rings is 2. The smallest absolute Gasteiger partial charge is 0.269 e. The van der Waals surface area contributed by atoms with E-state index < -0.39 is 5.91 Å². The lowest BCUT2D eigenvalue weighted by Crippen LogP contribution is -2.46. The Morgan fingerprint density at radius 3 is 2.33 bits per heavy atom. The number of likely N-dealkylation sites (tertiary alicyclic amines) is 1. The number of nitrogens with two attached hydrogens (primary N) is 1. The molecule has 0 unspecified atom stereocenters. The fourth-order valence-electron chi connectivity index (χ4n) is 4.27. The fraction of sp³-hybridized carbons (Fsp3) is 0.385. The van der Waals surface area contributed by atoms with Gasteiger partial charge >= 0.3 is 0 Å². The summed E-state index contributed by atoms with van der Waals surface area (Å²) < 4.78 is 0. The van der Waals surface area contributed by atoms with Crippen molar-refractivity contribution in [2.45, 2.75) is 45.7 Å². The number of nitrogens with zero attached hydrogens (tertiary/aromatic N) is 3. The molecule has 2 heterocycles. The summed E-state index contributed by atoms with van der Waals surface area (Å²) >= 11 is 0. The van der Waals surface area contributed by atoms with E-state index in [9.17, 15) is 9.59 Å². The zero-order chi connectivity index (χ0) is 23.6. The molecule has 0 atom stereocenters. The van der Waals surface area contributed by atoms with Gasteiger partial charge in [0.1, 0.15) is 5.69 Å². The Balaban J connectivity index is 1.49. The second kappa shape index (κ2) is 9.27. The van der Waals surface area contributed by atoms with Gasteiger partial charge in [0, 0.05) is 23.6 Å². The second-order valence-electron chi connectivity index (χ2n) is 9.76. The fourth-order valence-corrected chi connectivity index (χ4v) is 4.27. The monoisotopic (exact) mass is 445 g/mol. The maximum Gasteiger partial charge on any atom is 0.269 e. The van der Waals surface area contributed by atoms with Crippen LogP contribution in [0, 0.1) is 5.92 Å². The first-order valence-corrected chi connectivity index (χ1v) is 11.4. The van der Waals surface area contributed by atoms with Crippen LogP contribution in [0.5, 0.6) is 0 Å². The molecule has 1 aliphatic heterocycles. The average molecular weight is 446 g/mol. The minimum atomic E-state index is -0.593. The number of nitrogens with one attached hydrogen (secondary N) is 1. The van der Waals surface area contributed by atoms with E-state index in [4.69, 9.17) is 10.7 Å². The van der Waals surface area contributed by atoms with E-state index in [0.717, 1.165) is 49.1 Å². The van der Waals surface area contributed by atoms with Crippen LogP contribution in [-0.4, -0.2) is 45.3 Å². The largest absolute Gasteiger partial charge is 0.364 e. The molecule has 1 saturated heterocycles. The summed E-state index contributed by atoms with van der Waals surface area (Å²) in [5, 5.41) is 3.10. The summed E-state index contributed by atoms with van der Waals surface area (Å²) in [6, 6.07) is 15.5. The first kappa shape index (κ1) is 22.9. The van der Waals surface area contributed by atoms with Gasteiger partial charge in [-0.05, 0) is 70.5 Å². The van der Waals surface area contributed by atoms with Crippen LogP contribution in [0.4, 0.5) is 0 Å². The molecule has 0 saturated carbocycles. The van der Waals surface area contributed by atoms with Gasteiger partial charge in [-0.3, -0.25) is 14.5 Å². The Hall–Kier alpha value is -3.32. The van der Waals surface area contributed by atoms with Gasteiger partial charge < -0.3 is 11.1 Å². The number of carbonyl (C=O) groups excluding carboxylic acids is 2. The molecule has 3 N–H and O–H groups in total. The summed E-state index contributed by atoms with van der Waals surface area (Å²) in [6.45, 7) is 8.54. The zero-order valence-corrected chi connectivity index (χ0v) is 19.5. The molecule has 4 rings (SSSR count). The molecule has 7 heteroatoms. The van der Waals surface area contributed by atoms with Gasteiger partial charge in [-0.25, -0.2) is 9.97 Å². The lowest BCUT2D eigenvalue weighted by molar-refractivity contribution is -0.127. The van der Waals surface area contributed by atoms with E-state index in [2.05, 4.69) is 21.3 Å². The molecule has 3 aromatic rings. The summed E-state index contributed by atoms with van der Waals surface area (Å²) in [5.74, 6) is -0.375. The number of carbonyl (C=O) groups is 2. The molecule has 1 aliphatic rings. The summed E-state index contributed by atoms with van der Waals surface area (Å²) in [5.41, 5.74) is 9.40. The molecule has 2 amide bonds. The van der Waals surface area contributed by atoms with Crippen molar-refractivity contribution in [1.82, 2.24) is 20.2 Å². The van der Waals surface area contributed by atoms with Crippen molar-refractivity contribution in [1.29, 1.82) is 0 Å². The predicted octanol–water partition coefficient (Wildman–Crippen LogP) is 3.52. The van der Waals surface area contributed by atoms with Crippen LogP contribution in [-0.2, 0) is 11.3 Å². The Morgan fingerprint density at radius 1 is 1.03 bits per heavy atom. The second-order valence-corrected chi connectivity index (χ2v) is 9.76. The highest BCUT2D eigenvalue weighted by atomic mass is 16.2. The molecule has 0 bridgehead atoms. The van der Waals surface area contributed by atoms with E-state index in [0.29, 0.717) is 11.2 Å². The van der Waals surface area contributed by atoms with E-state index in [-0.39, 0.29) is 23.1 Å². The van der Waals surface area contributed by atoms with Crippen LogP contribution in [0.15, 0.2) is 48.5 Å². The van der Waals surface area contributed by atoms with Crippen LogP contribution in [0.25, 0.3) is 22.3 Å². The standard InChI is InChI=1S/C26H31N5O2/c1-26(2,3)30-25(33)18-11-13-31(14-12-18)16-17-7-6-8-19(15-17)22-23(24(27)32)29-21-10-5-4-9-20(21)28-22/h4-10,15,18H,11-14,16H2,1-3H3,(H2,27,32)(H,30,33). The molecular formula is C26H31N5O2. The number of piperidine rings is 1. The van der Waals surface area contributed by atoms with Crippen LogP contribution >= 0.6 is 0 Å². The normalized spacial score (nSPS) is 15.5. The van der Waals surface area contributed by atoms with Crippen LogP contribution in [0.3, 0.4) is 0 Å². The highest BCUT2D eigenvalue weighted by molar-refractivity contribution is 5.99. The summed E-state index contributed by atoms with van der Waals surface area (Å²) in [7, 11) is 0. The first-order valence-electron chi connectivity index (χ1n) is 11.4. The maximum atomic E-state index is 12.5. The Bertz CT molecular complexity index is 1180. The van der Waals surface area contributed by atoms with E-state index in [1.165, 1.54) is 0 Å². The molecule has 33 heavy (non-hydrogen) atoms. The van der Waals surface area contributed by atoms with Crippen molar-refractivity contribution in [2.24, 2.45) is 11.7 Å². The third-order valence-electron chi connectivity index (χ3n) is 5.87. The highest BCUT2D eigenvalue weighted by Gasteiger charge is 2.27. The minimum absolute atomic E-state index is 0.0674. The molecule has 172 valence electrons. The SMILES string of the molecule is CC(C)(C)NC(=O)C1CCN(Cc2cccc(-c3nc4ccccc4nc3C(N)=O)c2)CC1. The van der Waals surface area contributed by atoms with Gasteiger partial charge in [0.2, 0.25) is 5.91 Å². The number of aromatic nitrogens is 2. The average Bonchev–Trinajstić information content (AvgIpc) is 2.77. The lowest BCUT2D eigenvalue weighted by atomic mass is 9.94. The minimum Gasteiger partial charge on any atom is -0.364 e. The van der Waals surface area contributed by atoms with Crippen LogP contribution < -0.4 is 11.1 Å². The number of hydrogen-bond acceptors (Lipinski definition) is 5. The van der Waals surface area contributed by atoms with Crippen molar-refractivity contribution in [3.63, 3.8) is 0 Å². The third-order valence-corrected chi connectivity index (χ3v) is 5.87. The van der Waals surface area contributed by atoms with Gasteiger partial charge in [-0.1, -0.05) is 30.3 Å². The number of primary amides is 1. The van der Waals surface area contributed by atoms with Crippen molar-refractivity contribution in [2.75, 3.05) is 13.1 Å². The van der Waals surface area contributed by atoms with Gasteiger partial charge in [0.25, 0.3) is 5.91 Å². The van der Waals surface area contributed by atoms with Gasteiger partial charge in [0.05, 0.1) is 11.0 Å². The van der Waals surface area contributed by atoms with Crippen molar-refractivity contribution >= 4 is 22.8 Å². The molecular weight excluding hydrogens is 414 g/mol. The van der Waals surface area contributed by atoms with Crippen molar-refractivity contribution in [3.05, 3.63) is 59.8 Å². The molecule has 1 aromatic heterocycles. The number of fused-ring (bicyclic) bond motifs is 1. The topological polar surface area (TPSA) is 101 Å². The zero-order valence-electron chi connectivity index (χ0n) is 19.5. The predicted molar refractivity (Wildman–Crippen MR) is 129 cm³/mol. The number of rotatable bonds is 5. The first-order chi connectivity index (χ1) is 15.7. The molecule has 7 nitrogen and oxygen atoms in total. The Morgan fingerprint density at radius 2 is 1.70 bits per heavy atom. The molecule has 0 aliphatic carbocycles. The van der Waals surface area contributed by atoms with Crippen molar-refractivity contribution < 1.29 is 9.59 Å². The maximum absolute atomic E-state index is 12.5. The summed E-state index contributed by atoms with van der Waals surface area (Å²) in [4.78, 5) is 36.1. The molecule has 0 radical (unpaired) electrons. The van der Waals surface area contributed by atoms with E-state index >= 15 is 0 Å². The third kappa shape index (κ3) is 5.54. The van der Waals surface area contributed by atoms with Gasteiger partial charge in [0.15, 0.2) is 5.69 Å². The number of para-hydroxylation sites is 2. The number of amides is 2. The van der Waals surface area contributed by atoms with Gasteiger partial charge in [-0.2, -0.15) is 0 Å². The summed E-state index contributed by atoms with van der Waals surface area (Å²) in [6.07, 6.45) is 1.70. The van der Waals surface area contributed by atoms with Crippen LogP contribution in [0.1, 0.15) is 49.7 Å². The van der Waals surface area contributed by atoms with Crippen LogP contribution in [0.2, 0.25) is 0 Å². The Kier molecular flexibility index (Phi) is 6.42. The molecule has 0 spiro atoms. The molecule has 2 aromatic carbocycles. The quantitative estimate of drug-likeness (QED) is 0.626. The number of hydrogen-bond donors (Lipinski definition) is 2. The Labute approximate surface area is 194 Å². The molecule has 1 fully saturated rings. The van der Waals surface area contributed by atoms with E-state index in [1.54, 1.807) is 0 Å². The highest BCUT2D eigenvalue weighted by Crippen LogP contribution is 2.26. The van der Waals surface area contributed by atoms with Gasteiger partial charge in [-0.15, -0.1) is 0 Å². The lowest BCUT2D eigenvalue weighted by Gasteiger charge is -2.33. The van der Waals surface area contributed by atoms with Crippen molar-refractivity contribution in [3.8, 4) is 11.3 Å².